The lowest BCUT2D eigenvalue weighted by Gasteiger charge is -2.44. The lowest BCUT2D eigenvalue weighted by Crippen LogP contribution is -2.44. The van der Waals surface area contributed by atoms with E-state index in [-0.39, 0.29) is 11.6 Å². The average Bonchev–Trinajstić information content (AvgIpc) is 2.48. The maximum Gasteiger partial charge on any atom is 0.0686 e. The molecule has 4 heteroatoms. The van der Waals surface area contributed by atoms with E-state index in [1.54, 1.807) is 0 Å². The number of rotatable bonds is 2. The molecule has 2 fully saturated rings. The van der Waals surface area contributed by atoms with Gasteiger partial charge in [0.25, 0.3) is 0 Å². The van der Waals surface area contributed by atoms with E-state index in [2.05, 4.69) is 20.9 Å². The third-order valence-corrected chi connectivity index (χ3v) is 5.36. The topological polar surface area (TPSA) is 48.1 Å². The van der Waals surface area contributed by atoms with Gasteiger partial charge in [0.05, 0.1) is 17.3 Å². The molecule has 1 saturated carbocycles. The highest BCUT2D eigenvalue weighted by Crippen LogP contribution is 2.43. The molecule has 1 aromatic heterocycles. The van der Waals surface area contributed by atoms with E-state index < -0.39 is 0 Å². The Kier molecular flexibility index (Phi) is 4.43. The number of ether oxygens (including phenoxy) is 1. The Bertz CT molecular complexity index is 437. The number of hydrogen-bond donors (Lipinski definition) is 1. The molecule has 2 aliphatic rings. The highest BCUT2D eigenvalue weighted by molar-refractivity contribution is 9.10. The second kappa shape index (κ2) is 6.12. The van der Waals surface area contributed by atoms with Crippen molar-refractivity contribution in [2.45, 2.75) is 56.6 Å². The Hall–Kier alpha value is -0.450. The number of nitrogens with zero attached hydrogens (tertiary/aromatic N) is 1. The summed E-state index contributed by atoms with van der Waals surface area (Å²) in [5.74, 6) is 0.496. The number of hydrogen-bond acceptors (Lipinski definition) is 3. The summed E-state index contributed by atoms with van der Waals surface area (Å²) in [4.78, 5) is 4.47. The van der Waals surface area contributed by atoms with Crippen LogP contribution in [0.5, 0.6) is 0 Å². The van der Waals surface area contributed by atoms with Gasteiger partial charge in [-0.25, -0.2) is 0 Å². The molecule has 0 radical (unpaired) electrons. The maximum atomic E-state index is 6.48. The zero-order valence-corrected chi connectivity index (χ0v) is 13.4. The molecule has 2 atom stereocenters. The Morgan fingerprint density at radius 1 is 1.30 bits per heavy atom. The van der Waals surface area contributed by atoms with Gasteiger partial charge < -0.3 is 10.5 Å². The molecule has 1 aromatic rings. The van der Waals surface area contributed by atoms with Gasteiger partial charge in [-0.3, -0.25) is 4.98 Å². The van der Waals surface area contributed by atoms with Crippen LogP contribution < -0.4 is 5.73 Å². The van der Waals surface area contributed by atoms with Crippen LogP contribution in [0.1, 0.15) is 56.7 Å². The molecule has 1 aliphatic carbocycles. The van der Waals surface area contributed by atoms with Crippen LogP contribution in [0.15, 0.2) is 22.8 Å². The molecular weight excluding hydrogens is 316 g/mol. The Balaban J connectivity index is 1.71. The van der Waals surface area contributed by atoms with Crippen molar-refractivity contribution < 1.29 is 4.74 Å². The van der Waals surface area contributed by atoms with Crippen LogP contribution in [-0.4, -0.2) is 17.2 Å². The SMILES string of the molecule is NC(c1ccc(Br)cn1)C1CCOC2(CCCCC2)C1. The van der Waals surface area contributed by atoms with Crippen molar-refractivity contribution >= 4 is 15.9 Å². The number of nitrogens with two attached hydrogens (primary N) is 1. The molecule has 3 nitrogen and oxygen atoms in total. The fraction of sp³-hybridized carbons (Fsp3) is 0.688. The predicted molar refractivity (Wildman–Crippen MR) is 83.4 cm³/mol. The third kappa shape index (κ3) is 3.07. The normalized spacial score (nSPS) is 27.4. The van der Waals surface area contributed by atoms with Crippen LogP contribution in [0.2, 0.25) is 0 Å². The molecule has 1 aliphatic heterocycles. The highest BCUT2D eigenvalue weighted by atomic mass is 79.9. The number of pyridine rings is 1. The molecule has 2 heterocycles. The van der Waals surface area contributed by atoms with Gasteiger partial charge in [-0.1, -0.05) is 19.3 Å². The van der Waals surface area contributed by atoms with E-state index >= 15 is 0 Å². The summed E-state index contributed by atoms with van der Waals surface area (Å²) < 4.78 is 7.16. The molecule has 0 bridgehead atoms. The summed E-state index contributed by atoms with van der Waals surface area (Å²) in [6, 6.07) is 4.10. The van der Waals surface area contributed by atoms with Crippen LogP contribution in [0.3, 0.4) is 0 Å². The van der Waals surface area contributed by atoms with Crippen molar-refractivity contribution in [3.8, 4) is 0 Å². The first-order valence-electron chi connectivity index (χ1n) is 7.70. The summed E-state index contributed by atoms with van der Waals surface area (Å²) in [7, 11) is 0. The Labute approximate surface area is 129 Å². The first kappa shape index (κ1) is 14.5. The van der Waals surface area contributed by atoms with Crippen LogP contribution in [0, 0.1) is 5.92 Å². The minimum Gasteiger partial charge on any atom is -0.375 e. The number of halogens is 1. The smallest absolute Gasteiger partial charge is 0.0686 e. The van der Waals surface area contributed by atoms with E-state index in [0.717, 1.165) is 29.6 Å². The van der Waals surface area contributed by atoms with Crippen molar-refractivity contribution in [2.24, 2.45) is 11.7 Å². The van der Waals surface area contributed by atoms with E-state index in [1.165, 1.54) is 32.1 Å². The number of aromatic nitrogens is 1. The van der Waals surface area contributed by atoms with Crippen molar-refractivity contribution in [3.05, 3.63) is 28.5 Å². The van der Waals surface area contributed by atoms with E-state index in [1.807, 2.05) is 18.3 Å². The van der Waals surface area contributed by atoms with Crippen LogP contribution in [0.4, 0.5) is 0 Å². The van der Waals surface area contributed by atoms with Gasteiger partial charge in [0.1, 0.15) is 0 Å². The van der Waals surface area contributed by atoms with Crippen molar-refractivity contribution in [3.63, 3.8) is 0 Å². The van der Waals surface area contributed by atoms with Crippen molar-refractivity contribution in [1.82, 2.24) is 4.98 Å². The van der Waals surface area contributed by atoms with Gasteiger partial charge in [0.2, 0.25) is 0 Å². The van der Waals surface area contributed by atoms with E-state index in [0.29, 0.717) is 5.92 Å². The summed E-state index contributed by atoms with van der Waals surface area (Å²) in [5.41, 5.74) is 7.60. The summed E-state index contributed by atoms with van der Waals surface area (Å²) in [6.45, 7) is 0.856. The summed E-state index contributed by atoms with van der Waals surface area (Å²) in [5, 5.41) is 0. The zero-order valence-electron chi connectivity index (χ0n) is 11.9. The summed E-state index contributed by atoms with van der Waals surface area (Å²) >= 11 is 3.42. The molecule has 1 spiro atoms. The fourth-order valence-corrected chi connectivity index (χ4v) is 3.98. The Morgan fingerprint density at radius 2 is 2.10 bits per heavy atom. The third-order valence-electron chi connectivity index (χ3n) is 4.90. The molecule has 110 valence electrons. The van der Waals surface area contributed by atoms with Crippen LogP contribution >= 0.6 is 15.9 Å². The monoisotopic (exact) mass is 338 g/mol. The molecule has 0 aromatic carbocycles. The molecule has 20 heavy (non-hydrogen) atoms. The van der Waals surface area contributed by atoms with E-state index in [9.17, 15) is 0 Å². The molecular formula is C16H23BrN2O. The molecule has 2 unspecified atom stereocenters. The van der Waals surface area contributed by atoms with Gasteiger partial charge in [-0.2, -0.15) is 0 Å². The van der Waals surface area contributed by atoms with Gasteiger partial charge >= 0.3 is 0 Å². The lowest BCUT2D eigenvalue weighted by molar-refractivity contribution is -0.120. The second-order valence-electron chi connectivity index (χ2n) is 6.27. The largest absolute Gasteiger partial charge is 0.375 e. The molecule has 3 rings (SSSR count). The molecule has 2 N–H and O–H groups in total. The molecule has 1 saturated heterocycles. The van der Waals surface area contributed by atoms with Crippen LogP contribution in [0.25, 0.3) is 0 Å². The average molecular weight is 339 g/mol. The van der Waals surface area contributed by atoms with Crippen molar-refractivity contribution in [2.75, 3.05) is 6.61 Å². The first-order valence-corrected chi connectivity index (χ1v) is 8.49. The lowest BCUT2D eigenvalue weighted by atomic mass is 9.74. The zero-order chi connectivity index (χ0) is 14.0. The summed E-state index contributed by atoms with van der Waals surface area (Å²) in [6.07, 6.45) is 10.4. The van der Waals surface area contributed by atoms with Gasteiger partial charge in [-0.05, 0) is 59.7 Å². The van der Waals surface area contributed by atoms with Crippen LogP contribution in [-0.2, 0) is 4.74 Å². The minimum absolute atomic E-state index is 0.0331. The molecule has 0 amide bonds. The first-order chi connectivity index (χ1) is 9.69. The standard InChI is InChI=1S/C16H23BrN2O/c17-13-4-5-14(19-11-13)15(18)12-6-9-20-16(10-12)7-2-1-3-8-16/h4-5,11-12,15H,1-3,6-10,18H2. The second-order valence-corrected chi connectivity index (χ2v) is 7.19. The fourth-order valence-electron chi connectivity index (χ4n) is 3.74. The van der Waals surface area contributed by atoms with Gasteiger partial charge in [0, 0.05) is 17.3 Å². The van der Waals surface area contributed by atoms with Gasteiger partial charge in [0.15, 0.2) is 0 Å². The predicted octanol–water partition coefficient (Wildman–Crippen LogP) is 3.97. The quantitative estimate of drug-likeness (QED) is 0.887. The minimum atomic E-state index is 0.0331. The highest BCUT2D eigenvalue weighted by Gasteiger charge is 2.40. The Morgan fingerprint density at radius 3 is 2.80 bits per heavy atom. The van der Waals surface area contributed by atoms with E-state index in [4.69, 9.17) is 10.5 Å². The maximum absolute atomic E-state index is 6.48. The van der Waals surface area contributed by atoms with Crippen molar-refractivity contribution in [1.29, 1.82) is 0 Å². The van der Waals surface area contributed by atoms with Gasteiger partial charge in [-0.15, -0.1) is 0 Å².